The predicted octanol–water partition coefficient (Wildman–Crippen LogP) is 4.35. The number of rotatable bonds is 7. The third-order valence-electron chi connectivity index (χ3n) is 5.53. The lowest BCUT2D eigenvalue weighted by Gasteiger charge is -2.16. The Bertz CT molecular complexity index is 1300. The van der Waals surface area contributed by atoms with Crippen molar-refractivity contribution in [2.24, 2.45) is 0 Å². The lowest BCUT2D eigenvalue weighted by Crippen LogP contribution is -2.32. The van der Waals surface area contributed by atoms with Gasteiger partial charge < -0.3 is 19.5 Å². The van der Waals surface area contributed by atoms with E-state index in [1.165, 1.54) is 24.3 Å². The Morgan fingerprint density at radius 3 is 2.53 bits per heavy atom. The van der Waals surface area contributed by atoms with Gasteiger partial charge in [-0.2, -0.15) is 0 Å². The number of para-hydroxylation sites is 2. The zero-order valence-corrected chi connectivity index (χ0v) is 18.3. The summed E-state index contributed by atoms with van der Waals surface area (Å²) in [6.45, 7) is 2.46. The molecule has 34 heavy (non-hydrogen) atoms. The SMILES string of the molecule is CCOc1ccccc1NC1=C(c2ccc(F)cc2)C(=O)N(Cc2ccc3c(c2)OCO3)C1=O. The van der Waals surface area contributed by atoms with E-state index in [1.807, 2.05) is 13.0 Å². The zero-order valence-electron chi connectivity index (χ0n) is 18.3. The summed E-state index contributed by atoms with van der Waals surface area (Å²) in [6.07, 6.45) is 0. The number of carbonyl (C=O) groups excluding carboxylic acids is 2. The molecule has 2 amide bonds. The maximum absolute atomic E-state index is 13.6. The molecule has 7 nitrogen and oxygen atoms in total. The van der Waals surface area contributed by atoms with Gasteiger partial charge in [-0.3, -0.25) is 14.5 Å². The molecule has 0 fully saturated rings. The van der Waals surface area contributed by atoms with E-state index in [-0.39, 0.29) is 24.6 Å². The second-order valence-corrected chi connectivity index (χ2v) is 7.70. The number of halogens is 1. The molecular weight excluding hydrogens is 439 g/mol. The minimum absolute atomic E-state index is 0.0390. The highest BCUT2D eigenvalue weighted by atomic mass is 19.1. The summed E-state index contributed by atoms with van der Waals surface area (Å²) in [5.41, 5.74) is 1.95. The minimum Gasteiger partial charge on any atom is -0.492 e. The Balaban J connectivity index is 1.52. The van der Waals surface area contributed by atoms with E-state index in [0.717, 1.165) is 4.90 Å². The molecule has 172 valence electrons. The fourth-order valence-electron chi connectivity index (χ4n) is 3.93. The molecule has 0 saturated carbocycles. The molecule has 0 radical (unpaired) electrons. The van der Waals surface area contributed by atoms with Gasteiger partial charge in [0.25, 0.3) is 11.8 Å². The minimum atomic E-state index is -0.492. The van der Waals surface area contributed by atoms with Gasteiger partial charge in [0.2, 0.25) is 6.79 Å². The smallest absolute Gasteiger partial charge is 0.278 e. The Hall–Kier alpha value is -4.33. The van der Waals surface area contributed by atoms with Gasteiger partial charge in [-0.05, 0) is 54.4 Å². The maximum Gasteiger partial charge on any atom is 0.278 e. The number of imide groups is 1. The van der Waals surface area contributed by atoms with Crippen molar-refractivity contribution in [2.45, 2.75) is 13.5 Å². The number of nitrogens with one attached hydrogen (secondary N) is 1. The summed E-state index contributed by atoms with van der Waals surface area (Å²) < 4.78 is 30.0. The summed E-state index contributed by atoms with van der Waals surface area (Å²) in [4.78, 5) is 28.1. The molecule has 2 aliphatic rings. The van der Waals surface area contributed by atoms with E-state index in [9.17, 15) is 14.0 Å². The molecule has 5 rings (SSSR count). The van der Waals surface area contributed by atoms with Crippen LogP contribution in [0.1, 0.15) is 18.1 Å². The third kappa shape index (κ3) is 3.94. The van der Waals surface area contributed by atoms with Gasteiger partial charge in [0, 0.05) is 0 Å². The molecule has 3 aromatic rings. The number of carbonyl (C=O) groups is 2. The molecule has 0 spiro atoms. The maximum atomic E-state index is 13.6. The summed E-state index contributed by atoms with van der Waals surface area (Å²) in [5, 5.41) is 3.10. The molecule has 2 aliphatic heterocycles. The van der Waals surface area contributed by atoms with Crippen LogP contribution in [0.2, 0.25) is 0 Å². The molecule has 0 aromatic heterocycles. The van der Waals surface area contributed by atoms with Crippen molar-refractivity contribution in [3.8, 4) is 17.2 Å². The van der Waals surface area contributed by atoms with E-state index in [2.05, 4.69) is 5.32 Å². The van der Waals surface area contributed by atoms with Gasteiger partial charge >= 0.3 is 0 Å². The van der Waals surface area contributed by atoms with Gasteiger partial charge in [-0.25, -0.2) is 4.39 Å². The normalized spacial score (nSPS) is 14.7. The fraction of sp³-hybridized carbons (Fsp3) is 0.154. The van der Waals surface area contributed by atoms with Crippen molar-refractivity contribution >= 4 is 23.1 Å². The van der Waals surface area contributed by atoms with Crippen molar-refractivity contribution < 1.29 is 28.2 Å². The lowest BCUT2D eigenvalue weighted by molar-refractivity contribution is -0.137. The van der Waals surface area contributed by atoms with E-state index < -0.39 is 17.6 Å². The molecule has 0 saturated heterocycles. The number of anilines is 1. The molecule has 2 heterocycles. The average Bonchev–Trinajstić information content (AvgIpc) is 3.39. The van der Waals surface area contributed by atoms with Crippen LogP contribution in [0.3, 0.4) is 0 Å². The highest BCUT2D eigenvalue weighted by molar-refractivity contribution is 6.36. The second kappa shape index (κ2) is 8.90. The predicted molar refractivity (Wildman–Crippen MR) is 123 cm³/mol. The molecule has 0 aliphatic carbocycles. The Morgan fingerprint density at radius 2 is 1.74 bits per heavy atom. The van der Waals surface area contributed by atoms with Crippen LogP contribution in [0, 0.1) is 5.82 Å². The summed E-state index contributed by atoms with van der Waals surface area (Å²) in [5.74, 6) is 0.314. The number of amides is 2. The molecule has 8 heteroatoms. The van der Waals surface area contributed by atoms with Crippen LogP contribution in [0.5, 0.6) is 17.2 Å². The monoisotopic (exact) mass is 460 g/mol. The van der Waals surface area contributed by atoms with E-state index in [1.54, 1.807) is 36.4 Å². The van der Waals surface area contributed by atoms with Gasteiger partial charge in [0.15, 0.2) is 11.5 Å². The summed E-state index contributed by atoms with van der Waals surface area (Å²) >= 11 is 0. The number of fused-ring (bicyclic) bond motifs is 1. The van der Waals surface area contributed by atoms with Gasteiger partial charge in [0.1, 0.15) is 17.3 Å². The van der Waals surface area contributed by atoms with Crippen molar-refractivity contribution in [3.63, 3.8) is 0 Å². The van der Waals surface area contributed by atoms with Crippen molar-refractivity contribution in [3.05, 3.63) is 89.4 Å². The number of benzene rings is 3. The van der Waals surface area contributed by atoms with E-state index >= 15 is 0 Å². The largest absolute Gasteiger partial charge is 0.492 e. The summed E-state index contributed by atoms with van der Waals surface area (Å²) in [7, 11) is 0. The van der Waals surface area contributed by atoms with E-state index in [0.29, 0.717) is 40.7 Å². The lowest BCUT2D eigenvalue weighted by atomic mass is 10.0. The van der Waals surface area contributed by atoms with Crippen molar-refractivity contribution in [1.29, 1.82) is 0 Å². The fourth-order valence-corrected chi connectivity index (χ4v) is 3.93. The number of nitrogens with zero attached hydrogens (tertiary/aromatic N) is 1. The van der Waals surface area contributed by atoms with Crippen LogP contribution < -0.4 is 19.5 Å². The molecule has 0 bridgehead atoms. The molecule has 0 unspecified atom stereocenters. The number of ether oxygens (including phenoxy) is 3. The van der Waals surface area contributed by atoms with Crippen LogP contribution in [0.4, 0.5) is 10.1 Å². The average molecular weight is 460 g/mol. The first-order chi connectivity index (χ1) is 16.5. The van der Waals surface area contributed by atoms with Crippen molar-refractivity contribution in [2.75, 3.05) is 18.7 Å². The Morgan fingerprint density at radius 1 is 0.971 bits per heavy atom. The van der Waals surface area contributed by atoms with Crippen LogP contribution in [-0.2, 0) is 16.1 Å². The Kier molecular flexibility index (Phi) is 5.63. The van der Waals surface area contributed by atoms with Crippen LogP contribution >= 0.6 is 0 Å². The third-order valence-corrected chi connectivity index (χ3v) is 5.53. The molecule has 3 aromatic carbocycles. The topological polar surface area (TPSA) is 77.1 Å². The van der Waals surface area contributed by atoms with Gasteiger partial charge in [-0.15, -0.1) is 0 Å². The van der Waals surface area contributed by atoms with Crippen LogP contribution in [-0.4, -0.2) is 30.1 Å². The number of hydrogen-bond donors (Lipinski definition) is 1. The highest BCUT2D eigenvalue weighted by Gasteiger charge is 2.39. The van der Waals surface area contributed by atoms with Gasteiger partial charge in [-0.1, -0.05) is 30.3 Å². The Labute approximate surface area is 195 Å². The van der Waals surface area contributed by atoms with Crippen LogP contribution in [0.15, 0.2) is 72.4 Å². The highest BCUT2D eigenvalue weighted by Crippen LogP contribution is 2.36. The number of hydrogen-bond acceptors (Lipinski definition) is 6. The first kappa shape index (κ1) is 21.5. The standard InChI is InChI=1S/C26H21FN2O5/c1-2-32-20-6-4-3-5-19(20)28-24-23(17-8-10-18(27)11-9-17)25(30)29(26(24)31)14-16-7-12-21-22(13-16)34-15-33-21/h3-13,28H,2,14-15H2,1H3. The quantitative estimate of drug-likeness (QED) is 0.529. The second-order valence-electron chi connectivity index (χ2n) is 7.70. The first-order valence-corrected chi connectivity index (χ1v) is 10.8. The molecular formula is C26H21FN2O5. The van der Waals surface area contributed by atoms with E-state index in [4.69, 9.17) is 14.2 Å². The van der Waals surface area contributed by atoms with Crippen molar-refractivity contribution in [1.82, 2.24) is 4.90 Å². The zero-order chi connectivity index (χ0) is 23.7. The van der Waals surface area contributed by atoms with Crippen LogP contribution in [0.25, 0.3) is 5.57 Å². The molecule has 0 atom stereocenters. The van der Waals surface area contributed by atoms with Gasteiger partial charge in [0.05, 0.1) is 24.4 Å². The molecule has 1 N–H and O–H groups in total. The summed E-state index contributed by atoms with van der Waals surface area (Å²) in [6, 6.07) is 17.9. The first-order valence-electron chi connectivity index (χ1n) is 10.8.